The number of nitrogens with zero attached hydrogens (tertiary/aromatic N) is 2. The number of piperidine rings is 1. The molecule has 35 heavy (non-hydrogen) atoms. The maximum absolute atomic E-state index is 13.0. The lowest BCUT2D eigenvalue weighted by Crippen LogP contribution is -2.35. The smallest absolute Gasteiger partial charge is 0.303 e. The third kappa shape index (κ3) is 5.98. The van der Waals surface area contributed by atoms with Gasteiger partial charge in [-0.1, -0.05) is 12.5 Å². The second kappa shape index (κ2) is 10.9. The molecule has 2 N–H and O–H groups in total. The first kappa shape index (κ1) is 24.7. The molecule has 186 valence electrons. The molecule has 2 aromatic rings. The first-order valence-electron chi connectivity index (χ1n) is 11.4. The van der Waals surface area contributed by atoms with E-state index in [1.165, 1.54) is 28.6 Å². The van der Waals surface area contributed by atoms with Gasteiger partial charge < -0.3 is 14.6 Å². The molecule has 4 rings (SSSR count). The number of benzene rings is 2. The number of carbonyl (C=O) groups excluding carboxylic acids is 1. The molecule has 0 bridgehead atoms. The zero-order valence-corrected chi connectivity index (χ0v) is 19.9. The zero-order chi connectivity index (χ0) is 24.8. The van der Waals surface area contributed by atoms with Crippen molar-refractivity contribution in [1.29, 1.82) is 0 Å². The van der Waals surface area contributed by atoms with Crippen LogP contribution in [0.3, 0.4) is 0 Å². The number of rotatable bonds is 8. The van der Waals surface area contributed by atoms with Crippen LogP contribution in [0.5, 0.6) is 11.5 Å². The van der Waals surface area contributed by atoms with E-state index in [1.54, 1.807) is 18.2 Å². The number of sulfonamides is 1. The van der Waals surface area contributed by atoms with Crippen molar-refractivity contribution in [3.8, 4) is 11.5 Å². The van der Waals surface area contributed by atoms with Crippen LogP contribution in [-0.4, -0.2) is 61.7 Å². The number of carboxylic acid groups (broad SMARTS) is 1. The number of amides is 1. The summed E-state index contributed by atoms with van der Waals surface area (Å²) in [6.07, 6.45) is 2.51. The highest BCUT2D eigenvalue weighted by molar-refractivity contribution is 7.89. The second-order valence-electron chi connectivity index (χ2n) is 8.24. The Labute approximate surface area is 203 Å². The molecule has 1 amide bonds. The maximum atomic E-state index is 13.0. The molecule has 0 spiro atoms. The summed E-state index contributed by atoms with van der Waals surface area (Å²) >= 11 is 0. The molecule has 2 aromatic carbocycles. The Hall–Kier alpha value is -3.44. The van der Waals surface area contributed by atoms with E-state index in [9.17, 15) is 18.0 Å². The Bertz CT molecular complexity index is 1240. The van der Waals surface area contributed by atoms with Crippen LogP contribution in [-0.2, 0) is 14.8 Å². The van der Waals surface area contributed by atoms with Crippen LogP contribution in [0.2, 0.25) is 0 Å². The molecule has 1 fully saturated rings. The highest BCUT2D eigenvalue weighted by Crippen LogP contribution is 2.31. The first-order chi connectivity index (χ1) is 16.8. The number of carbonyl (C=O) groups is 2. The summed E-state index contributed by atoms with van der Waals surface area (Å²) in [7, 11) is -3.69. The number of hydrazone groups is 1. The summed E-state index contributed by atoms with van der Waals surface area (Å²) in [5.74, 6) is -0.518. The minimum absolute atomic E-state index is 0.0500. The Balaban J connectivity index is 1.54. The lowest BCUT2D eigenvalue weighted by atomic mass is 10.0. The number of fused-ring (bicyclic) bond motifs is 1. The van der Waals surface area contributed by atoms with Crippen LogP contribution in [0.15, 0.2) is 52.5 Å². The summed E-state index contributed by atoms with van der Waals surface area (Å²) < 4.78 is 38.5. The second-order valence-corrected chi connectivity index (χ2v) is 10.2. The molecule has 1 saturated heterocycles. The summed E-state index contributed by atoms with van der Waals surface area (Å²) in [6, 6.07) is 10.9. The van der Waals surface area contributed by atoms with E-state index in [-0.39, 0.29) is 23.3 Å². The topological polar surface area (TPSA) is 135 Å². The molecular weight excluding hydrogens is 474 g/mol. The highest BCUT2D eigenvalue weighted by Gasteiger charge is 2.26. The van der Waals surface area contributed by atoms with Crippen LogP contribution in [0.25, 0.3) is 0 Å². The predicted molar refractivity (Wildman–Crippen MR) is 127 cm³/mol. The Morgan fingerprint density at radius 3 is 2.43 bits per heavy atom. The molecule has 0 radical (unpaired) electrons. The van der Waals surface area contributed by atoms with Gasteiger partial charge in [0, 0.05) is 30.6 Å². The van der Waals surface area contributed by atoms with Gasteiger partial charge in [-0.25, -0.2) is 13.8 Å². The summed E-state index contributed by atoms with van der Waals surface area (Å²) in [5, 5.41) is 13.3. The third-order valence-corrected chi connectivity index (χ3v) is 7.69. The minimum atomic E-state index is -3.69. The Kier molecular flexibility index (Phi) is 7.67. The normalized spacial score (nSPS) is 16.5. The van der Waals surface area contributed by atoms with Crippen LogP contribution < -0.4 is 14.9 Å². The highest BCUT2D eigenvalue weighted by atomic mass is 32.2. The Morgan fingerprint density at radius 2 is 1.69 bits per heavy atom. The van der Waals surface area contributed by atoms with E-state index in [2.05, 4.69) is 10.5 Å². The molecule has 0 aromatic heterocycles. The van der Waals surface area contributed by atoms with Crippen molar-refractivity contribution in [2.24, 2.45) is 5.10 Å². The van der Waals surface area contributed by atoms with Gasteiger partial charge in [0.1, 0.15) is 13.2 Å². The van der Waals surface area contributed by atoms with Crippen molar-refractivity contribution >= 4 is 27.6 Å². The van der Waals surface area contributed by atoms with Crippen LogP contribution in [0, 0.1) is 0 Å². The number of carboxylic acids is 1. The van der Waals surface area contributed by atoms with Gasteiger partial charge in [-0.05, 0) is 49.2 Å². The molecule has 10 nitrogen and oxygen atoms in total. The minimum Gasteiger partial charge on any atom is -0.486 e. The zero-order valence-electron chi connectivity index (χ0n) is 19.1. The third-order valence-electron chi connectivity index (χ3n) is 5.79. The average molecular weight is 502 g/mol. The van der Waals surface area contributed by atoms with E-state index in [1.807, 2.05) is 0 Å². The molecule has 0 unspecified atom stereocenters. The van der Waals surface area contributed by atoms with E-state index >= 15 is 0 Å². The lowest BCUT2D eigenvalue weighted by Gasteiger charge is -2.25. The number of hydrogen-bond donors (Lipinski definition) is 2. The van der Waals surface area contributed by atoms with E-state index in [0.29, 0.717) is 49.1 Å². The van der Waals surface area contributed by atoms with Crippen molar-refractivity contribution in [1.82, 2.24) is 9.73 Å². The van der Waals surface area contributed by atoms with Gasteiger partial charge in [0.05, 0.1) is 17.0 Å². The fourth-order valence-electron chi connectivity index (χ4n) is 3.95. The molecule has 11 heteroatoms. The van der Waals surface area contributed by atoms with Crippen molar-refractivity contribution in [3.05, 3.63) is 53.6 Å². The van der Waals surface area contributed by atoms with Gasteiger partial charge in [0.15, 0.2) is 11.5 Å². The van der Waals surface area contributed by atoms with Gasteiger partial charge in [-0.2, -0.15) is 9.41 Å². The maximum Gasteiger partial charge on any atom is 0.303 e. The predicted octanol–water partition coefficient (Wildman–Crippen LogP) is 2.63. The fourth-order valence-corrected chi connectivity index (χ4v) is 5.51. The van der Waals surface area contributed by atoms with Gasteiger partial charge >= 0.3 is 5.97 Å². The number of hydrogen-bond acceptors (Lipinski definition) is 7. The first-order valence-corrected chi connectivity index (χ1v) is 12.9. The molecular formula is C24H27N3O7S. The van der Waals surface area contributed by atoms with E-state index in [0.717, 1.165) is 19.3 Å². The summed E-state index contributed by atoms with van der Waals surface area (Å²) in [6.45, 7) is 1.76. The monoisotopic (exact) mass is 501 g/mol. The van der Waals surface area contributed by atoms with Crippen LogP contribution in [0.4, 0.5) is 0 Å². The number of ether oxygens (including phenoxy) is 2. The lowest BCUT2D eigenvalue weighted by molar-refractivity contribution is -0.136. The van der Waals surface area contributed by atoms with Gasteiger partial charge in [-0.3, -0.25) is 9.59 Å². The molecule has 2 aliphatic heterocycles. The van der Waals surface area contributed by atoms with Crippen molar-refractivity contribution in [3.63, 3.8) is 0 Å². The average Bonchev–Trinajstić information content (AvgIpc) is 2.88. The molecule has 2 heterocycles. The quantitative estimate of drug-likeness (QED) is 0.419. The number of aliphatic carboxylic acids is 1. The fraction of sp³-hybridized carbons (Fsp3) is 0.375. The van der Waals surface area contributed by atoms with Crippen LogP contribution in [0.1, 0.15) is 48.0 Å². The molecule has 2 aliphatic rings. The molecule has 0 saturated carbocycles. The summed E-state index contributed by atoms with van der Waals surface area (Å²) in [4.78, 5) is 24.0. The SMILES string of the molecule is O=C(O)CC/C(=N\NC(=O)c1cccc(S(=O)(=O)N2CCCCC2)c1)c1ccc2c(c1)OCCO2. The van der Waals surface area contributed by atoms with Gasteiger partial charge in [0.25, 0.3) is 5.91 Å². The van der Waals surface area contributed by atoms with Crippen molar-refractivity contribution in [2.75, 3.05) is 26.3 Å². The Morgan fingerprint density at radius 1 is 0.943 bits per heavy atom. The van der Waals surface area contributed by atoms with Gasteiger partial charge in [-0.15, -0.1) is 0 Å². The molecule has 0 atom stereocenters. The van der Waals surface area contributed by atoms with Crippen molar-refractivity contribution in [2.45, 2.75) is 37.0 Å². The standard InChI is InChI=1S/C24H27N3O7S/c28-23(29)10-8-20(17-7-9-21-22(16-17)34-14-13-33-21)25-26-24(30)18-5-4-6-19(15-18)35(31,32)27-11-2-1-3-12-27/h4-7,9,15-16H,1-3,8,10-14H2,(H,26,30)(H,28,29)/b25-20+. The molecule has 0 aliphatic carbocycles. The van der Waals surface area contributed by atoms with Gasteiger partial charge in [0.2, 0.25) is 10.0 Å². The van der Waals surface area contributed by atoms with E-state index in [4.69, 9.17) is 14.6 Å². The van der Waals surface area contributed by atoms with E-state index < -0.39 is 21.9 Å². The largest absolute Gasteiger partial charge is 0.486 e. The van der Waals surface area contributed by atoms with Crippen molar-refractivity contribution < 1.29 is 32.6 Å². The summed E-state index contributed by atoms with van der Waals surface area (Å²) in [5.41, 5.74) is 3.49. The van der Waals surface area contributed by atoms with Crippen LogP contribution >= 0.6 is 0 Å². The number of nitrogens with one attached hydrogen (secondary N) is 1.